The van der Waals surface area contributed by atoms with Crippen LogP contribution in [0.25, 0.3) is 39.1 Å². The van der Waals surface area contributed by atoms with Crippen LogP contribution < -0.4 is 11.5 Å². The highest BCUT2D eigenvalue weighted by Crippen LogP contribution is 2.27. The fourth-order valence-corrected chi connectivity index (χ4v) is 4.98. The molecule has 0 amide bonds. The monoisotopic (exact) mass is 612 g/mol. The molecule has 234 valence electrons. The third-order valence-corrected chi connectivity index (χ3v) is 7.89. The third kappa shape index (κ3) is 10.1. The minimum atomic E-state index is 0.839. The predicted octanol–water partition coefficient (Wildman–Crippen LogP) is 11.8. The lowest BCUT2D eigenvalue weighted by Gasteiger charge is -2.08. The quantitative estimate of drug-likeness (QED) is 0.122. The molecule has 0 heterocycles. The molecule has 4 N–H and O–H groups in total. The first-order valence-corrected chi connectivity index (χ1v) is 15.8. The molecule has 0 saturated heterocycles. The minimum absolute atomic E-state index is 0.839. The van der Waals surface area contributed by atoms with Crippen LogP contribution in [0, 0.1) is 6.92 Å². The highest BCUT2D eigenvalue weighted by molar-refractivity contribution is 5.92. The largest absolute Gasteiger partial charge is 0.405 e. The van der Waals surface area contributed by atoms with Crippen molar-refractivity contribution in [2.45, 2.75) is 20.3 Å². The number of hydrogen-bond acceptors (Lipinski definition) is 2. The van der Waals surface area contributed by atoms with Crippen LogP contribution in [0.5, 0.6) is 0 Å². The standard InChI is InChI=1S/C35H35N.C10H9N/c1-5-30(12-8-7-11-25-36)18-15-27(2)28(3)16-19-34-26-35(20-17-29(34)4)33-23-21-32(22-24-33)31-13-9-6-10-14-31;11-10-7-3-5-8-4-1-2-6-9(8)10/h5-11,13-26H,2-3,12,36H2,1,4H3;1-7H,11H2/b8-7-,18-15-,19-16-,25-11-,30-5-;. The van der Waals surface area contributed by atoms with E-state index in [0.717, 1.165) is 28.6 Å². The smallest absolute Gasteiger partial charge is 0.0393 e. The summed E-state index contributed by atoms with van der Waals surface area (Å²) in [5.74, 6) is 0. The molecule has 0 radical (unpaired) electrons. The normalized spacial score (nSPS) is 11.8. The molecule has 0 aliphatic heterocycles. The second kappa shape index (κ2) is 17.6. The Morgan fingerprint density at radius 3 is 1.98 bits per heavy atom. The van der Waals surface area contributed by atoms with E-state index in [1.54, 1.807) is 0 Å². The molecule has 2 heteroatoms. The van der Waals surface area contributed by atoms with Crippen molar-refractivity contribution in [3.8, 4) is 22.3 Å². The molecule has 47 heavy (non-hydrogen) atoms. The topological polar surface area (TPSA) is 52.0 Å². The molecule has 5 rings (SSSR count). The number of nitrogen functional groups attached to an aromatic ring is 1. The summed E-state index contributed by atoms with van der Waals surface area (Å²) < 4.78 is 0. The number of anilines is 1. The zero-order valence-electron chi connectivity index (χ0n) is 27.4. The van der Waals surface area contributed by atoms with Crippen LogP contribution in [0.4, 0.5) is 5.69 Å². The van der Waals surface area contributed by atoms with E-state index in [-0.39, 0.29) is 0 Å². The molecular formula is C45H44N2. The van der Waals surface area contributed by atoms with E-state index in [0.29, 0.717) is 0 Å². The van der Waals surface area contributed by atoms with E-state index in [1.807, 2.05) is 67.6 Å². The third-order valence-electron chi connectivity index (χ3n) is 7.89. The first kappa shape index (κ1) is 34.0. The van der Waals surface area contributed by atoms with Gasteiger partial charge >= 0.3 is 0 Å². The van der Waals surface area contributed by atoms with Gasteiger partial charge in [0.2, 0.25) is 0 Å². The average Bonchev–Trinajstić information content (AvgIpc) is 3.11. The molecule has 0 fully saturated rings. The molecule has 2 nitrogen and oxygen atoms in total. The van der Waals surface area contributed by atoms with Crippen molar-refractivity contribution >= 4 is 22.5 Å². The van der Waals surface area contributed by atoms with Gasteiger partial charge in [0, 0.05) is 11.1 Å². The predicted molar refractivity (Wildman–Crippen MR) is 208 cm³/mol. The van der Waals surface area contributed by atoms with E-state index < -0.39 is 0 Å². The van der Waals surface area contributed by atoms with Crippen molar-refractivity contribution < 1.29 is 0 Å². The maximum absolute atomic E-state index is 5.76. The van der Waals surface area contributed by atoms with Gasteiger partial charge in [0.25, 0.3) is 0 Å². The summed E-state index contributed by atoms with van der Waals surface area (Å²) in [6, 6.07) is 39.8. The number of hydrogen-bond donors (Lipinski definition) is 2. The van der Waals surface area contributed by atoms with Crippen molar-refractivity contribution in [3.63, 3.8) is 0 Å². The van der Waals surface area contributed by atoms with E-state index in [9.17, 15) is 0 Å². The zero-order valence-corrected chi connectivity index (χ0v) is 27.4. The summed E-state index contributed by atoms with van der Waals surface area (Å²) in [6.07, 6.45) is 18.6. The SMILES string of the molecule is C=C(/C=C\C(=C/C)C/C=C\C=C/N)C(=C)/C=C\c1cc(-c2ccc(-c3ccccc3)cc2)ccc1C.Nc1cccc2ccccc12. The summed E-state index contributed by atoms with van der Waals surface area (Å²) in [6.45, 7) is 12.6. The van der Waals surface area contributed by atoms with Crippen LogP contribution >= 0.6 is 0 Å². The van der Waals surface area contributed by atoms with E-state index >= 15 is 0 Å². The highest BCUT2D eigenvalue weighted by Gasteiger charge is 2.03. The Kier molecular flexibility index (Phi) is 12.7. The molecule has 0 bridgehead atoms. The fraction of sp³-hybridized carbons (Fsp3) is 0.0667. The summed E-state index contributed by atoms with van der Waals surface area (Å²) in [7, 11) is 0. The average molecular weight is 613 g/mol. The lowest BCUT2D eigenvalue weighted by molar-refractivity contribution is 1.27. The van der Waals surface area contributed by atoms with Gasteiger partial charge in [-0.15, -0.1) is 0 Å². The van der Waals surface area contributed by atoms with Crippen LogP contribution in [0.2, 0.25) is 0 Å². The molecule has 0 spiro atoms. The second-order valence-electron chi connectivity index (χ2n) is 11.2. The van der Waals surface area contributed by atoms with Crippen molar-refractivity contribution in [2.75, 3.05) is 5.73 Å². The van der Waals surface area contributed by atoms with Crippen molar-refractivity contribution in [1.29, 1.82) is 0 Å². The van der Waals surface area contributed by atoms with E-state index in [2.05, 4.69) is 123 Å². The molecule has 5 aromatic rings. The van der Waals surface area contributed by atoms with Crippen LogP contribution in [-0.4, -0.2) is 0 Å². The summed E-state index contributed by atoms with van der Waals surface area (Å²) in [4.78, 5) is 0. The van der Waals surface area contributed by atoms with Crippen LogP contribution in [0.3, 0.4) is 0 Å². The second-order valence-corrected chi connectivity index (χ2v) is 11.2. The van der Waals surface area contributed by atoms with Crippen LogP contribution in [0.15, 0.2) is 194 Å². The summed E-state index contributed by atoms with van der Waals surface area (Å²) in [5, 5.41) is 2.34. The molecule has 0 unspecified atom stereocenters. The van der Waals surface area contributed by atoms with E-state index in [1.165, 1.54) is 50.5 Å². The van der Waals surface area contributed by atoms with Crippen LogP contribution in [-0.2, 0) is 0 Å². The first-order chi connectivity index (χ1) is 22.9. The minimum Gasteiger partial charge on any atom is -0.405 e. The zero-order chi connectivity index (χ0) is 33.4. The first-order valence-electron chi connectivity index (χ1n) is 15.8. The van der Waals surface area contributed by atoms with Crippen molar-refractivity contribution in [3.05, 3.63) is 205 Å². The van der Waals surface area contributed by atoms with Gasteiger partial charge in [-0.1, -0.05) is 159 Å². The number of allylic oxidation sites excluding steroid dienone is 10. The Bertz CT molecular complexity index is 1940. The number of aryl methyl sites for hydroxylation is 1. The van der Waals surface area contributed by atoms with Gasteiger partial charge in [0.15, 0.2) is 0 Å². The fourth-order valence-electron chi connectivity index (χ4n) is 4.98. The molecule has 0 aromatic heterocycles. The summed E-state index contributed by atoms with van der Waals surface area (Å²) in [5.41, 5.74) is 22.2. The van der Waals surface area contributed by atoms with E-state index in [4.69, 9.17) is 11.5 Å². The molecule has 0 aliphatic carbocycles. The number of fused-ring (bicyclic) bond motifs is 1. The Hall–Kier alpha value is -5.86. The van der Waals surface area contributed by atoms with Gasteiger partial charge in [-0.25, -0.2) is 0 Å². The lowest BCUT2D eigenvalue weighted by atomic mass is 9.96. The molecular weight excluding hydrogens is 569 g/mol. The van der Waals surface area contributed by atoms with Gasteiger partial charge in [0.1, 0.15) is 0 Å². The number of nitrogens with two attached hydrogens (primary N) is 2. The summed E-state index contributed by atoms with van der Waals surface area (Å²) >= 11 is 0. The number of rotatable bonds is 10. The Morgan fingerprint density at radius 1 is 0.660 bits per heavy atom. The Labute approximate surface area is 280 Å². The lowest BCUT2D eigenvalue weighted by Crippen LogP contribution is -1.86. The Balaban J connectivity index is 0.000000379. The van der Waals surface area contributed by atoms with Crippen molar-refractivity contribution in [1.82, 2.24) is 0 Å². The Morgan fingerprint density at radius 2 is 1.28 bits per heavy atom. The maximum atomic E-state index is 5.76. The van der Waals surface area contributed by atoms with Gasteiger partial charge < -0.3 is 11.5 Å². The number of benzene rings is 5. The van der Waals surface area contributed by atoms with Gasteiger partial charge in [-0.3, -0.25) is 0 Å². The highest BCUT2D eigenvalue weighted by atomic mass is 14.5. The van der Waals surface area contributed by atoms with Gasteiger partial charge in [0.05, 0.1) is 0 Å². The van der Waals surface area contributed by atoms with Crippen molar-refractivity contribution in [2.24, 2.45) is 5.73 Å². The van der Waals surface area contributed by atoms with Gasteiger partial charge in [-0.05, 0) is 100 Å². The van der Waals surface area contributed by atoms with Gasteiger partial charge in [-0.2, -0.15) is 0 Å². The van der Waals surface area contributed by atoms with Crippen LogP contribution in [0.1, 0.15) is 24.5 Å². The molecule has 0 aliphatic rings. The molecule has 0 atom stereocenters. The maximum Gasteiger partial charge on any atom is 0.0393 e. The molecule has 5 aromatic carbocycles. The molecule has 0 saturated carbocycles.